The van der Waals surface area contributed by atoms with Crippen molar-refractivity contribution in [2.45, 2.75) is 0 Å². The SMILES string of the molecule is COc1cccc(OC)c1C(=O)NC(=S)Nc1ccccc1C#N. The van der Waals surface area contributed by atoms with Crippen molar-refractivity contribution in [1.29, 1.82) is 5.26 Å². The highest BCUT2D eigenvalue weighted by atomic mass is 32.1. The van der Waals surface area contributed by atoms with Gasteiger partial charge in [-0.2, -0.15) is 5.26 Å². The summed E-state index contributed by atoms with van der Waals surface area (Å²) < 4.78 is 10.4. The lowest BCUT2D eigenvalue weighted by molar-refractivity contribution is 0.0971. The van der Waals surface area contributed by atoms with Crippen molar-refractivity contribution in [3.63, 3.8) is 0 Å². The normalized spacial score (nSPS) is 9.54. The molecule has 2 aromatic rings. The Morgan fingerprint density at radius 2 is 1.71 bits per heavy atom. The molecule has 0 unspecified atom stereocenters. The lowest BCUT2D eigenvalue weighted by Crippen LogP contribution is -2.34. The molecule has 7 heteroatoms. The quantitative estimate of drug-likeness (QED) is 0.832. The fourth-order valence-electron chi connectivity index (χ4n) is 2.08. The second kappa shape index (κ2) is 7.94. The molecule has 0 aromatic heterocycles. The highest BCUT2D eigenvalue weighted by Gasteiger charge is 2.19. The fraction of sp³-hybridized carbons (Fsp3) is 0.118. The monoisotopic (exact) mass is 341 g/mol. The Morgan fingerprint density at radius 3 is 2.29 bits per heavy atom. The minimum absolute atomic E-state index is 0.0654. The summed E-state index contributed by atoms with van der Waals surface area (Å²) in [6.07, 6.45) is 0. The van der Waals surface area contributed by atoms with E-state index in [9.17, 15) is 4.79 Å². The molecule has 0 atom stereocenters. The molecule has 6 nitrogen and oxygen atoms in total. The average molecular weight is 341 g/mol. The van der Waals surface area contributed by atoms with Gasteiger partial charge in [-0.05, 0) is 36.5 Å². The van der Waals surface area contributed by atoms with Crippen molar-refractivity contribution < 1.29 is 14.3 Å². The number of rotatable bonds is 4. The molecule has 0 saturated carbocycles. The summed E-state index contributed by atoms with van der Waals surface area (Å²) in [6, 6.07) is 13.9. The predicted octanol–water partition coefficient (Wildman–Crippen LogP) is 2.70. The van der Waals surface area contributed by atoms with Gasteiger partial charge in [0.1, 0.15) is 23.1 Å². The van der Waals surface area contributed by atoms with Gasteiger partial charge < -0.3 is 14.8 Å². The number of para-hydroxylation sites is 1. The maximum atomic E-state index is 12.5. The highest BCUT2D eigenvalue weighted by molar-refractivity contribution is 7.80. The fourth-order valence-corrected chi connectivity index (χ4v) is 2.29. The molecule has 0 saturated heterocycles. The van der Waals surface area contributed by atoms with Gasteiger partial charge in [-0.1, -0.05) is 18.2 Å². The first-order valence-electron chi connectivity index (χ1n) is 6.93. The summed E-state index contributed by atoms with van der Waals surface area (Å²) in [7, 11) is 2.93. The first kappa shape index (κ1) is 17.2. The van der Waals surface area contributed by atoms with Gasteiger partial charge in [0.15, 0.2) is 5.11 Å². The van der Waals surface area contributed by atoms with Gasteiger partial charge in [-0.25, -0.2) is 0 Å². The van der Waals surface area contributed by atoms with Crippen LogP contribution in [0.1, 0.15) is 15.9 Å². The van der Waals surface area contributed by atoms with Crippen LogP contribution in [0.2, 0.25) is 0 Å². The van der Waals surface area contributed by atoms with E-state index in [1.165, 1.54) is 14.2 Å². The largest absolute Gasteiger partial charge is 0.496 e. The molecule has 122 valence electrons. The molecular weight excluding hydrogens is 326 g/mol. The Morgan fingerprint density at radius 1 is 1.08 bits per heavy atom. The number of hydrogen-bond donors (Lipinski definition) is 2. The van der Waals surface area contributed by atoms with E-state index in [2.05, 4.69) is 10.6 Å². The van der Waals surface area contributed by atoms with Crippen molar-refractivity contribution in [2.75, 3.05) is 19.5 Å². The highest BCUT2D eigenvalue weighted by Crippen LogP contribution is 2.28. The first-order valence-corrected chi connectivity index (χ1v) is 7.34. The molecule has 0 aliphatic heterocycles. The number of carbonyl (C=O) groups is 1. The predicted molar refractivity (Wildman–Crippen MR) is 94.4 cm³/mol. The molecule has 24 heavy (non-hydrogen) atoms. The van der Waals surface area contributed by atoms with Crippen LogP contribution in [0.4, 0.5) is 5.69 Å². The molecule has 2 aromatic carbocycles. The number of amides is 1. The molecule has 0 radical (unpaired) electrons. The lowest BCUT2D eigenvalue weighted by Gasteiger charge is -2.14. The van der Waals surface area contributed by atoms with E-state index in [0.717, 1.165) is 0 Å². The molecule has 1 amide bonds. The number of benzene rings is 2. The number of nitriles is 1. The van der Waals surface area contributed by atoms with Crippen LogP contribution in [0.15, 0.2) is 42.5 Å². The topological polar surface area (TPSA) is 83.4 Å². The van der Waals surface area contributed by atoms with E-state index in [4.69, 9.17) is 27.0 Å². The van der Waals surface area contributed by atoms with Gasteiger partial charge in [0, 0.05) is 0 Å². The van der Waals surface area contributed by atoms with E-state index in [1.54, 1.807) is 42.5 Å². The van der Waals surface area contributed by atoms with E-state index >= 15 is 0 Å². The Bertz CT molecular complexity index is 793. The molecule has 2 rings (SSSR count). The summed E-state index contributed by atoms with van der Waals surface area (Å²) in [5.74, 6) is 0.260. The van der Waals surface area contributed by atoms with Crippen LogP contribution >= 0.6 is 12.2 Å². The Labute approximate surface area is 145 Å². The van der Waals surface area contributed by atoms with Gasteiger partial charge in [0.05, 0.1) is 25.5 Å². The first-order chi connectivity index (χ1) is 11.6. The van der Waals surface area contributed by atoms with Crippen LogP contribution in [-0.4, -0.2) is 25.2 Å². The smallest absolute Gasteiger partial charge is 0.264 e. The molecule has 0 aliphatic rings. The second-order valence-corrected chi connectivity index (χ2v) is 5.01. The third-order valence-corrected chi connectivity index (χ3v) is 3.38. The molecule has 0 spiro atoms. The molecule has 0 heterocycles. The van der Waals surface area contributed by atoms with Gasteiger partial charge in [-0.3, -0.25) is 10.1 Å². The van der Waals surface area contributed by atoms with Crippen molar-refractivity contribution >= 4 is 28.9 Å². The van der Waals surface area contributed by atoms with Crippen LogP contribution in [0, 0.1) is 11.3 Å². The Kier molecular flexibility index (Phi) is 5.71. The van der Waals surface area contributed by atoms with Gasteiger partial charge in [0.25, 0.3) is 5.91 Å². The maximum absolute atomic E-state index is 12.5. The molecule has 0 fully saturated rings. The number of hydrogen-bond acceptors (Lipinski definition) is 5. The minimum Gasteiger partial charge on any atom is -0.496 e. The summed E-state index contributed by atoms with van der Waals surface area (Å²) >= 11 is 5.14. The third kappa shape index (κ3) is 3.80. The molecular formula is C17H15N3O3S. The van der Waals surface area contributed by atoms with Gasteiger partial charge in [0.2, 0.25) is 0 Å². The number of ether oxygens (including phenoxy) is 2. The number of thiocarbonyl (C=S) groups is 1. The number of nitrogens with zero attached hydrogens (tertiary/aromatic N) is 1. The zero-order valence-electron chi connectivity index (χ0n) is 13.1. The third-order valence-electron chi connectivity index (χ3n) is 3.18. The lowest BCUT2D eigenvalue weighted by atomic mass is 10.1. The molecule has 2 N–H and O–H groups in total. The molecule has 0 aliphatic carbocycles. The van der Waals surface area contributed by atoms with E-state index < -0.39 is 5.91 Å². The van der Waals surface area contributed by atoms with Crippen molar-refractivity contribution in [3.8, 4) is 17.6 Å². The van der Waals surface area contributed by atoms with Gasteiger partial charge >= 0.3 is 0 Å². The maximum Gasteiger partial charge on any atom is 0.264 e. The minimum atomic E-state index is -0.476. The number of carbonyl (C=O) groups excluding carboxylic acids is 1. The number of anilines is 1. The van der Waals surface area contributed by atoms with Gasteiger partial charge in [-0.15, -0.1) is 0 Å². The van der Waals surface area contributed by atoms with E-state index in [0.29, 0.717) is 22.7 Å². The summed E-state index contributed by atoms with van der Waals surface area (Å²) in [5, 5.41) is 14.5. The zero-order valence-corrected chi connectivity index (χ0v) is 13.9. The number of nitrogens with one attached hydrogen (secondary N) is 2. The molecule has 0 bridgehead atoms. The van der Waals surface area contributed by atoms with Crippen LogP contribution in [0.5, 0.6) is 11.5 Å². The summed E-state index contributed by atoms with van der Waals surface area (Å²) in [4.78, 5) is 12.5. The Balaban J connectivity index is 2.18. The van der Waals surface area contributed by atoms with Crippen molar-refractivity contribution in [3.05, 3.63) is 53.6 Å². The van der Waals surface area contributed by atoms with Crippen LogP contribution < -0.4 is 20.1 Å². The van der Waals surface area contributed by atoms with E-state index in [-0.39, 0.29) is 10.7 Å². The van der Waals surface area contributed by atoms with Crippen LogP contribution in [-0.2, 0) is 0 Å². The average Bonchev–Trinajstić information content (AvgIpc) is 2.61. The van der Waals surface area contributed by atoms with E-state index in [1.807, 2.05) is 6.07 Å². The Hall–Kier alpha value is -3.11. The summed E-state index contributed by atoms with van der Waals surface area (Å²) in [5.41, 5.74) is 1.17. The second-order valence-electron chi connectivity index (χ2n) is 4.60. The summed E-state index contributed by atoms with van der Waals surface area (Å²) in [6.45, 7) is 0. The standard InChI is InChI=1S/C17H15N3O3S/c1-22-13-8-5-9-14(23-2)15(13)16(21)20-17(24)19-12-7-4-3-6-11(12)10-18/h3-9H,1-2H3,(H2,19,20,21,24). The van der Waals surface area contributed by atoms with Crippen molar-refractivity contribution in [2.24, 2.45) is 0 Å². The van der Waals surface area contributed by atoms with Crippen LogP contribution in [0.3, 0.4) is 0 Å². The van der Waals surface area contributed by atoms with Crippen LogP contribution in [0.25, 0.3) is 0 Å². The zero-order chi connectivity index (χ0) is 17.5. The van der Waals surface area contributed by atoms with Crippen molar-refractivity contribution in [1.82, 2.24) is 5.32 Å². The number of methoxy groups -OCH3 is 2.